The topological polar surface area (TPSA) is 63.4 Å². The summed E-state index contributed by atoms with van der Waals surface area (Å²) >= 11 is 1.30. The van der Waals surface area contributed by atoms with Crippen LogP contribution >= 0.6 is 11.3 Å². The average Bonchev–Trinajstić information content (AvgIpc) is 2.99. The van der Waals surface area contributed by atoms with Gasteiger partial charge in [0.1, 0.15) is 11.9 Å². The number of aliphatic hydroxyl groups is 1. The first-order valence-corrected chi connectivity index (χ1v) is 7.89. The number of benzene rings is 1. The number of nitro benzene ring substituents is 1. The second kappa shape index (κ2) is 7.80. The van der Waals surface area contributed by atoms with Gasteiger partial charge < -0.3 is 5.11 Å². The van der Waals surface area contributed by atoms with E-state index in [2.05, 4.69) is 0 Å². The van der Waals surface area contributed by atoms with E-state index >= 15 is 0 Å². The molecule has 0 bridgehead atoms. The van der Waals surface area contributed by atoms with Crippen LogP contribution in [0.1, 0.15) is 34.8 Å². The molecule has 0 saturated heterocycles. The second-order valence-electron chi connectivity index (χ2n) is 4.80. The van der Waals surface area contributed by atoms with Gasteiger partial charge in [-0.3, -0.25) is 10.1 Å². The molecule has 0 fully saturated rings. The van der Waals surface area contributed by atoms with Crippen LogP contribution in [0.5, 0.6) is 0 Å². The van der Waals surface area contributed by atoms with Crippen LogP contribution in [0.2, 0.25) is 0 Å². The Morgan fingerprint density at radius 2 is 2.13 bits per heavy atom. The van der Waals surface area contributed by atoms with Crippen molar-refractivity contribution in [1.29, 1.82) is 0 Å². The summed E-state index contributed by atoms with van der Waals surface area (Å²) in [4.78, 5) is 11.8. The zero-order chi connectivity index (χ0) is 16.8. The molecule has 120 valence electrons. The maximum atomic E-state index is 13.4. The SMILES string of the molecule is CC/C=C\C=C/c1ccc(C(O)c2cc(F)ccc2[N+](=O)[O-])s1. The lowest BCUT2D eigenvalue weighted by Gasteiger charge is -2.09. The highest BCUT2D eigenvalue weighted by Crippen LogP contribution is 2.34. The molecule has 1 N–H and O–H groups in total. The van der Waals surface area contributed by atoms with Gasteiger partial charge in [-0.1, -0.05) is 25.2 Å². The van der Waals surface area contributed by atoms with E-state index in [1.807, 2.05) is 37.3 Å². The molecule has 0 amide bonds. The van der Waals surface area contributed by atoms with Gasteiger partial charge in [-0.25, -0.2) is 4.39 Å². The lowest BCUT2D eigenvalue weighted by atomic mass is 10.1. The first-order chi connectivity index (χ1) is 11.0. The highest BCUT2D eigenvalue weighted by molar-refractivity contribution is 7.13. The summed E-state index contributed by atoms with van der Waals surface area (Å²) in [7, 11) is 0. The minimum atomic E-state index is -1.23. The quantitative estimate of drug-likeness (QED) is 0.466. The van der Waals surface area contributed by atoms with Crippen LogP contribution in [0.4, 0.5) is 10.1 Å². The van der Waals surface area contributed by atoms with Crippen LogP contribution in [-0.4, -0.2) is 10.0 Å². The number of allylic oxidation sites excluding steroid dienone is 3. The third-order valence-electron chi connectivity index (χ3n) is 3.14. The summed E-state index contributed by atoms with van der Waals surface area (Å²) in [5.74, 6) is -0.619. The maximum absolute atomic E-state index is 13.4. The molecular weight excluding hydrogens is 317 g/mol. The van der Waals surface area contributed by atoms with Gasteiger partial charge in [-0.2, -0.15) is 0 Å². The van der Waals surface area contributed by atoms with Gasteiger partial charge in [-0.15, -0.1) is 11.3 Å². The lowest BCUT2D eigenvalue weighted by molar-refractivity contribution is -0.386. The van der Waals surface area contributed by atoms with Gasteiger partial charge in [0.2, 0.25) is 0 Å². The summed E-state index contributed by atoms with van der Waals surface area (Å²) < 4.78 is 13.4. The van der Waals surface area contributed by atoms with Crippen LogP contribution in [-0.2, 0) is 0 Å². The van der Waals surface area contributed by atoms with Crippen molar-refractivity contribution in [2.24, 2.45) is 0 Å². The van der Waals surface area contributed by atoms with E-state index < -0.39 is 16.8 Å². The van der Waals surface area contributed by atoms with Crippen LogP contribution in [0.25, 0.3) is 6.08 Å². The highest BCUT2D eigenvalue weighted by atomic mass is 32.1. The summed E-state index contributed by atoms with van der Waals surface area (Å²) in [5.41, 5.74) is -0.339. The Kier molecular flexibility index (Phi) is 5.78. The van der Waals surface area contributed by atoms with E-state index in [0.29, 0.717) is 4.88 Å². The Bertz CT molecular complexity index is 752. The Hall–Kier alpha value is -2.31. The summed E-state index contributed by atoms with van der Waals surface area (Å²) in [5, 5.41) is 21.4. The van der Waals surface area contributed by atoms with E-state index in [-0.39, 0.29) is 11.3 Å². The molecule has 0 aliphatic carbocycles. The van der Waals surface area contributed by atoms with E-state index in [9.17, 15) is 19.6 Å². The van der Waals surface area contributed by atoms with Crippen molar-refractivity contribution in [1.82, 2.24) is 0 Å². The van der Waals surface area contributed by atoms with E-state index in [1.54, 1.807) is 6.07 Å². The third-order valence-corrected chi connectivity index (χ3v) is 4.24. The number of rotatable bonds is 6. The molecule has 1 aromatic carbocycles. The Balaban J connectivity index is 2.28. The van der Waals surface area contributed by atoms with E-state index in [4.69, 9.17) is 0 Å². The standard InChI is InChI=1S/C17H16FNO3S/c1-2-3-4-5-6-13-8-10-16(23-13)17(20)14-11-12(18)7-9-15(14)19(21)22/h3-11,17,20H,2H2,1H3/b4-3-,6-5-. The molecule has 1 heterocycles. The van der Waals surface area contributed by atoms with Crippen molar-refractivity contribution in [3.8, 4) is 0 Å². The van der Waals surface area contributed by atoms with Crippen LogP contribution in [0.3, 0.4) is 0 Å². The number of hydrogen-bond acceptors (Lipinski definition) is 4. The van der Waals surface area contributed by atoms with Crippen molar-refractivity contribution in [2.45, 2.75) is 19.4 Å². The molecule has 1 unspecified atom stereocenters. The molecule has 0 aliphatic rings. The third kappa shape index (κ3) is 4.34. The number of halogens is 1. The lowest BCUT2D eigenvalue weighted by Crippen LogP contribution is -2.03. The predicted octanol–water partition coefficient (Wildman–Crippen LogP) is 4.86. The number of hydrogen-bond donors (Lipinski definition) is 1. The molecule has 0 saturated carbocycles. The molecule has 2 aromatic rings. The number of thiophene rings is 1. The minimum absolute atomic E-state index is 0.0433. The maximum Gasteiger partial charge on any atom is 0.275 e. The van der Waals surface area contributed by atoms with Crippen molar-refractivity contribution in [3.05, 3.63) is 79.8 Å². The van der Waals surface area contributed by atoms with Gasteiger partial charge in [0.25, 0.3) is 5.69 Å². The minimum Gasteiger partial charge on any atom is -0.383 e. The van der Waals surface area contributed by atoms with Crippen molar-refractivity contribution >= 4 is 23.1 Å². The molecule has 0 spiro atoms. The first-order valence-electron chi connectivity index (χ1n) is 7.07. The molecule has 2 rings (SSSR count). The average molecular weight is 333 g/mol. The molecule has 4 nitrogen and oxygen atoms in total. The first kappa shape index (κ1) is 17.1. The summed E-state index contributed by atoms with van der Waals surface area (Å²) in [6.07, 6.45) is 7.42. The van der Waals surface area contributed by atoms with Gasteiger partial charge in [0.15, 0.2) is 0 Å². The molecular formula is C17H16FNO3S. The molecule has 6 heteroatoms. The Labute approximate surface area is 137 Å². The van der Waals surface area contributed by atoms with Crippen LogP contribution < -0.4 is 0 Å². The monoisotopic (exact) mass is 333 g/mol. The fourth-order valence-electron chi connectivity index (χ4n) is 2.03. The summed E-state index contributed by atoms with van der Waals surface area (Å²) in [6, 6.07) is 6.58. The fraction of sp³-hybridized carbons (Fsp3) is 0.176. The Morgan fingerprint density at radius 3 is 2.83 bits per heavy atom. The number of nitrogens with zero attached hydrogens (tertiary/aromatic N) is 1. The molecule has 1 aromatic heterocycles. The fourth-order valence-corrected chi connectivity index (χ4v) is 2.96. The second-order valence-corrected chi connectivity index (χ2v) is 5.95. The number of aliphatic hydroxyl groups excluding tert-OH is 1. The van der Waals surface area contributed by atoms with Gasteiger partial charge in [0.05, 0.1) is 10.5 Å². The Morgan fingerprint density at radius 1 is 1.35 bits per heavy atom. The molecule has 0 aliphatic heterocycles. The largest absolute Gasteiger partial charge is 0.383 e. The van der Waals surface area contributed by atoms with Crippen molar-refractivity contribution < 1.29 is 14.4 Å². The molecule has 23 heavy (non-hydrogen) atoms. The van der Waals surface area contributed by atoms with Crippen LogP contribution in [0, 0.1) is 15.9 Å². The van der Waals surface area contributed by atoms with Gasteiger partial charge in [-0.05, 0) is 36.8 Å². The van der Waals surface area contributed by atoms with Gasteiger partial charge >= 0.3 is 0 Å². The zero-order valence-electron chi connectivity index (χ0n) is 12.5. The number of nitro groups is 1. The smallest absolute Gasteiger partial charge is 0.275 e. The predicted molar refractivity (Wildman–Crippen MR) is 89.9 cm³/mol. The summed E-state index contributed by atoms with van der Waals surface area (Å²) in [6.45, 7) is 2.04. The van der Waals surface area contributed by atoms with Gasteiger partial charge in [0, 0.05) is 15.8 Å². The highest BCUT2D eigenvalue weighted by Gasteiger charge is 2.23. The van der Waals surface area contributed by atoms with Crippen molar-refractivity contribution in [2.75, 3.05) is 0 Å². The zero-order valence-corrected chi connectivity index (χ0v) is 13.3. The molecule has 0 radical (unpaired) electrons. The van der Waals surface area contributed by atoms with Crippen molar-refractivity contribution in [3.63, 3.8) is 0 Å². The molecule has 1 atom stereocenters. The van der Waals surface area contributed by atoms with E-state index in [1.165, 1.54) is 11.3 Å². The van der Waals surface area contributed by atoms with Crippen LogP contribution in [0.15, 0.2) is 48.6 Å². The normalized spacial score (nSPS) is 13.0. The van der Waals surface area contributed by atoms with E-state index in [0.717, 1.165) is 29.5 Å².